The van der Waals surface area contributed by atoms with E-state index in [1.807, 2.05) is 53.2 Å². The molecule has 0 saturated carbocycles. The molecule has 0 spiro atoms. The van der Waals surface area contributed by atoms with Crippen LogP contribution < -0.4 is 5.32 Å². The summed E-state index contributed by atoms with van der Waals surface area (Å²) < 4.78 is 34.0. The van der Waals surface area contributed by atoms with E-state index in [1.165, 1.54) is 16.1 Å². The van der Waals surface area contributed by atoms with Gasteiger partial charge in [-0.3, -0.25) is 9.58 Å². The van der Waals surface area contributed by atoms with Gasteiger partial charge in [0.05, 0.1) is 42.8 Å². The summed E-state index contributed by atoms with van der Waals surface area (Å²) in [6.07, 6.45) is 1.08. The van der Waals surface area contributed by atoms with E-state index in [2.05, 4.69) is 41.1 Å². The van der Waals surface area contributed by atoms with Gasteiger partial charge in [0, 0.05) is 84.7 Å². The highest BCUT2D eigenvalue weighted by molar-refractivity contribution is 7.88. The lowest BCUT2D eigenvalue weighted by atomic mass is 10.0. The molecule has 6 rings (SSSR count). The number of aromatic nitrogens is 2. The van der Waals surface area contributed by atoms with E-state index in [0.717, 1.165) is 52.6 Å². The maximum absolute atomic E-state index is 12.5. The second-order valence-electron chi connectivity index (χ2n) is 12.7. The number of hydrogen-bond donors (Lipinski definition) is 2. The van der Waals surface area contributed by atoms with Crippen molar-refractivity contribution >= 4 is 33.2 Å². The van der Waals surface area contributed by atoms with Gasteiger partial charge in [-0.15, -0.1) is 0 Å². The van der Waals surface area contributed by atoms with Crippen LogP contribution in [0.25, 0.3) is 11.3 Å². The van der Waals surface area contributed by atoms with Gasteiger partial charge in [0.2, 0.25) is 10.0 Å². The molecule has 1 saturated heterocycles. The number of ether oxygens (including phenoxy) is 1. The average Bonchev–Trinajstić information content (AvgIpc) is 3.44. The predicted octanol–water partition coefficient (Wildman–Crippen LogP) is 4.95. The van der Waals surface area contributed by atoms with Gasteiger partial charge in [-0.1, -0.05) is 65.4 Å². The summed E-state index contributed by atoms with van der Waals surface area (Å²) in [7, 11) is -3.41. The minimum Gasteiger partial charge on any atom is -0.390 e. The maximum Gasteiger partial charge on any atom is 0.211 e. The lowest BCUT2D eigenvalue weighted by molar-refractivity contribution is -0.0227. The number of benzene rings is 3. The van der Waals surface area contributed by atoms with Crippen molar-refractivity contribution in [2.45, 2.75) is 51.7 Å². The van der Waals surface area contributed by atoms with E-state index < -0.39 is 16.1 Å². The molecule has 2 aliphatic rings. The number of nitrogens with one attached hydrogen (secondary N) is 1. The third-order valence-electron chi connectivity index (χ3n) is 9.01. The molecule has 1 aromatic heterocycles. The van der Waals surface area contributed by atoms with E-state index in [4.69, 9.17) is 33.0 Å². The van der Waals surface area contributed by atoms with Gasteiger partial charge in [0.15, 0.2) is 0 Å². The van der Waals surface area contributed by atoms with Gasteiger partial charge in [-0.25, -0.2) is 8.42 Å². The normalized spacial score (nSPS) is 17.7. The minimum atomic E-state index is -3.41. The molecule has 0 amide bonds. The number of fused-ring (bicyclic) bond motifs is 1. The van der Waals surface area contributed by atoms with Gasteiger partial charge in [-0.2, -0.15) is 9.40 Å². The number of nitrogens with zero attached hydrogens (tertiary/aromatic N) is 4. The molecule has 2 N–H and O–H groups in total. The monoisotopic (exact) mass is 721 g/mol. The summed E-state index contributed by atoms with van der Waals surface area (Å²) in [5.74, 6) is 6.46. The first-order chi connectivity index (χ1) is 23.5. The molecule has 49 heavy (non-hydrogen) atoms. The van der Waals surface area contributed by atoms with Crippen LogP contribution in [0.5, 0.6) is 0 Å². The van der Waals surface area contributed by atoms with Crippen molar-refractivity contribution in [3.8, 4) is 23.1 Å². The van der Waals surface area contributed by atoms with E-state index in [-0.39, 0.29) is 12.6 Å². The van der Waals surface area contributed by atoms with Crippen molar-refractivity contribution in [2.75, 3.05) is 39.1 Å². The number of aliphatic hydroxyl groups excluding tert-OH is 1. The Bertz CT molecular complexity index is 1940. The van der Waals surface area contributed by atoms with E-state index in [9.17, 15) is 13.5 Å². The van der Waals surface area contributed by atoms with Crippen molar-refractivity contribution in [1.82, 2.24) is 24.3 Å². The van der Waals surface area contributed by atoms with Gasteiger partial charge in [0.1, 0.15) is 0 Å². The fraction of sp³-hybridized carbons (Fsp3) is 0.378. The molecule has 258 valence electrons. The third kappa shape index (κ3) is 9.11. The SMILES string of the molecule is C[C@H]1COCCN1C[C@@H](O)Cn1nc(-c2ccc(Cl)c(C#Cc3ccc(CNCc4ccc(Cl)cc4)cc3)c2)c2c1CCN(S(C)(=O)=O)C2. The number of β-amino-alcohol motifs (C(OH)–C–C–N with tert-alkyl or cyclic N) is 1. The second kappa shape index (κ2) is 15.8. The fourth-order valence-corrected chi connectivity index (χ4v) is 7.34. The highest BCUT2D eigenvalue weighted by atomic mass is 35.5. The Morgan fingerprint density at radius 2 is 1.71 bits per heavy atom. The highest BCUT2D eigenvalue weighted by Gasteiger charge is 2.31. The Kier molecular flexibility index (Phi) is 11.4. The minimum absolute atomic E-state index is 0.213. The Morgan fingerprint density at radius 1 is 1.00 bits per heavy atom. The van der Waals surface area contributed by atoms with Crippen LogP contribution in [-0.2, 0) is 47.4 Å². The number of aliphatic hydroxyl groups is 1. The van der Waals surface area contributed by atoms with E-state index in [0.29, 0.717) is 55.5 Å². The third-order valence-corrected chi connectivity index (χ3v) is 10.8. The molecule has 12 heteroatoms. The summed E-state index contributed by atoms with van der Waals surface area (Å²) in [4.78, 5) is 2.23. The second-order valence-corrected chi connectivity index (χ2v) is 15.6. The number of halogens is 2. The number of hydrogen-bond acceptors (Lipinski definition) is 7. The van der Waals surface area contributed by atoms with Crippen molar-refractivity contribution in [3.05, 3.63) is 110 Å². The molecule has 4 aromatic rings. The van der Waals surface area contributed by atoms with Gasteiger partial charge < -0.3 is 15.2 Å². The smallest absolute Gasteiger partial charge is 0.211 e. The van der Waals surface area contributed by atoms with Gasteiger partial charge in [0.25, 0.3) is 0 Å². The number of sulfonamides is 1. The Morgan fingerprint density at radius 3 is 2.41 bits per heavy atom. The molecule has 0 unspecified atom stereocenters. The largest absolute Gasteiger partial charge is 0.390 e. The van der Waals surface area contributed by atoms with Crippen LogP contribution in [0.1, 0.15) is 40.4 Å². The molecule has 0 bridgehead atoms. The van der Waals surface area contributed by atoms with Crippen molar-refractivity contribution in [1.29, 1.82) is 0 Å². The summed E-state index contributed by atoms with van der Waals surface area (Å²) in [5.41, 5.74) is 7.06. The summed E-state index contributed by atoms with van der Waals surface area (Å²) in [6, 6.07) is 21.7. The molecular weight excluding hydrogens is 681 g/mol. The summed E-state index contributed by atoms with van der Waals surface area (Å²) in [6.45, 7) is 7.01. The predicted molar refractivity (Wildman–Crippen MR) is 194 cm³/mol. The first kappa shape index (κ1) is 35.6. The Hall–Kier alpha value is -3.24. The maximum atomic E-state index is 12.5. The quantitative estimate of drug-likeness (QED) is 0.224. The molecule has 2 aliphatic heterocycles. The first-order valence-corrected chi connectivity index (χ1v) is 19.0. The van der Waals surface area contributed by atoms with Crippen LogP contribution in [0.3, 0.4) is 0 Å². The van der Waals surface area contributed by atoms with Crippen LogP contribution in [0.4, 0.5) is 0 Å². The zero-order chi connectivity index (χ0) is 34.5. The lowest BCUT2D eigenvalue weighted by Crippen LogP contribution is -2.47. The fourth-order valence-electron chi connectivity index (χ4n) is 6.26. The highest BCUT2D eigenvalue weighted by Crippen LogP contribution is 2.33. The van der Waals surface area contributed by atoms with Crippen molar-refractivity contribution in [2.24, 2.45) is 0 Å². The van der Waals surface area contributed by atoms with Gasteiger partial charge in [-0.05, 0) is 54.4 Å². The molecule has 9 nitrogen and oxygen atoms in total. The molecule has 3 heterocycles. The summed E-state index contributed by atoms with van der Waals surface area (Å²) in [5, 5.41) is 20.8. The Labute approximate surface area is 298 Å². The molecule has 0 aliphatic carbocycles. The molecule has 3 aromatic carbocycles. The molecular formula is C37H41Cl2N5O4S. The van der Waals surface area contributed by atoms with Crippen molar-refractivity contribution < 1.29 is 18.3 Å². The first-order valence-electron chi connectivity index (χ1n) is 16.4. The lowest BCUT2D eigenvalue weighted by Gasteiger charge is -2.34. The molecule has 2 atom stereocenters. The van der Waals surface area contributed by atoms with Crippen LogP contribution >= 0.6 is 23.2 Å². The standard InChI is InChI=1S/C37H41Cl2N5O4S/c1-26-25-48-18-17-42(26)22-33(45)23-44-36-15-16-43(49(2,46)47)24-34(36)37(41-44)31-11-14-35(39)30(19-31)10-7-27-3-5-28(6-4-27)20-40-21-29-8-12-32(38)13-9-29/h3-6,8-9,11-14,19,26,33,40,45H,15-18,20-25H2,1-2H3/t26-,33+/m0/s1. The summed E-state index contributed by atoms with van der Waals surface area (Å²) >= 11 is 12.6. The molecule has 1 fully saturated rings. The van der Waals surface area contributed by atoms with Crippen LogP contribution in [-0.4, -0.2) is 83.8 Å². The average molecular weight is 723 g/mol. The van der Waals surface area contributed by atoms with Crippen LogP contribution in [0.2, 0.25) is 10.0 Å². The van der Waals surface area contributed by atoms with E-state index >= 15 is 0 Å². The van der Waals surface area contributed by atoms with Crippen LogP contribution in [0, 0.1) is 11.8 Å². The number of rotatable bonds is 10. The van der Waals surface area contributed by atoms with Crippen LogP contribution in [0.15, 0.2) is 66.7 Å². The van der Waals surface area contributed by atoms with Crippen molar-refractivity contribution in [3.63, 3.8) is 0 Å². The van der Waals surface area contributed by atoms with Gasteiger partial charge >= 0.3 is 0 Å². The zero-order valence-electron chi connectivity index (χ0n) is 27.7. The Balaban J connectivity index is 1.20. The molecule has 0 radical (unpaired) electrons. The zero-order valence-corrected chi connectivity index (χ0v) is 30.0. The number of morpholine rings is 1. The topological polar surface area (TPSA) is 99.9 Å². The van der Waals surface area contributed by atoms with E-state index in [1.54, 1.807) is 6.07 Å².